The molecule has 0 fully saturated rings. The Morgan fingerprint density at radius 1 is 1.15 bits per heavy atom. The third-order valence-corrected chi connectivity index (χ3v) is 6.03. The summed E-state index contributed by atoms with van der Waals surface area (Å²) in [7, 11) is -2.12. The van der Waals surface area contributed by atoms with E-state index in [9.17, 15) is 18.3 Å². The van der Waals surface area contributed by atoms with Gasteiger partial charge in [-0.3, -0.25) is 9.10 Å². The van der Waals surface area contributed by atoms with Gasteiger partial charge >= 0.3 is 0 Å². The van der Waals surface area contributed by atoms with E-state index in [1.807, 2.05) is 0 Å². The Balaban J connectivity index is 1.69. The van der Waals surface area contributed by atoms with Gasteiger partial charge in [-0.2, -0.15) is 5.10 Å². The largest absolute Gasteiger partial charge is 0.504 e. The van der Waals surface area contributed by atoms with Crippen LogP contribution in [0.4, 0.5) is 5.69 Å². The van der Waals surface area contributed by atoms with E-state index in [-0.39, 0.29) is 12.3 Å². The van der Waals surface area contributed by atoms with Gasteiger partial charge in [0, 0.05) is 16.1 Å². The number of carbonyl (C=O) groups excluding carboxylic acids is 1. The Hall–Kier alpha value is -3.56. The maximum absolute atomic E-state index is 12.4. The first-order valence-electron chi connectivity index (χ1n) is 9.70. The van der Waals surface area contributed by atoms with Crippen LogP contribution < -0.4 is 14.5 Å². The molecule has 3 aromatic carbocycles. The van der Waals surface area contributed by atoms with Crippen molar-refractivity contribution in [2.45, 2.75) is 6.54 Å². The van der Waals surface area contributed by atoms with Gasteiger partial charge < -0.3 is 9.84 Å². The first-order valence-corrected chi connectivity index (χ1v) is 11.9. The molecule has 3 aromatic rings. The van der Waals surface area contributed by atoms with Crippen LogP contribution in [0.3, 0.4) is 0 Å². The molecule has 0 aliphatic rings. The lowest BCUT2D eigenvalue weighted by molar-refractivity contribution is 0.0955. The number of nitrogens with zero attached hydrogens (tertiary/aromatic N) is 2. The highest BCUT2D eigenvalue weighted by atomic mass is 35.5. The molecule has 0 unspecified atom stereocenters. The number of sulfonamides is 1. The topological polar surface area (TPSA) is 108 Å². The highest BCUT2D eigenvalue weighted by molar-refractivity contribution is 7.92. The van der Waals surface area contributed by atoms with Crippen LogP contribution in [0.1, 0.15) is 21.5 Å². The Morgan fingerprint density at radius 2 is 1.85 bits per heavy atom. The number of benzene rings is 3. The van der Waals surface area contributed by atoms with E-state index in [0.717, 1.165) is 6.26 Å². The number of amides is 1. The van der Waals surface area contributed by atoms with Crippen molar-refractivity contribution >= 4 is 39.4 Å². The van der Waals surface area contributed by atoms with Crippen LogP contribution >= 0.6 is 11.6 Å². The van der Waals surface area contributed by atoms with Gasteiger partial charge in [0.25, 0.3) is 5.91 Å². The minimum absolute atomic E-state index is 0.0777. The number of aromatic hydroxyl groups is 1. The van der Waals surface area contributed by atoms with Crippen LogP contribution in [-0.4, -0.2) is 39.0 Å². The number of para-hydroxylation sites is 1. The fourth-order valence-electron chi connectivity index (χ4n) is 2.99. The van der Waals surface area contributed by atoms with E-state index in [1.54, 1.807) is 66.7 Å². The molecule has 0 aromatic heterocycles. The molecule has 0 aliphatic carbocycles. The Labute approximate surface area is 197 Å². The van der Waals surface area contributed by atoms with E-state index < -0.39 is 15.9 Å². The number of phenols is 1. The highest BCUT2D eigenvalue weighted by Crippen LogP contribution is 2.28. The summed E-state index contributed by atoms with van der Waals surface area (Å²) in [5.41, 5.74) is 4.23. The van der Waals surface area contributed by atoms with Crippen molar-refractivity contribution in [3.63, 3.8) is 0 Å². The van der Waals surface area contributed by atoms with E-state index in [2.05, 4.69) is 10.5 Å². The summed E-state index contributed by atoms with van der Waals surface area (Å²) in [6, 6.07) is 17.9. The molecular formula is C23H22ClN3O5S. The van der Waals surface area contributed by atoms with Gasteiger partial charge in [-0.1, -0.05) is 35.9 Å². The molecule has 10 heteroatoms. The molecule has 33 heavy (non-hydrogen) atoms. The third-order valence-electron chi connectivity index (χ3n) is 4.66. The zero-order chi connectivity index (χ0) is 24.0. The van der Waals surface area contributed by atoms with E-state index in [4.69, 9.17) is 16.3 Å². The summed E-state index contributed by atoms with van der Waals surface area (Å²) in [4.78, 5) is 12.4. The Bertz CT molecular complexity index is 1280. The van der Waals surface area contributed by atoms with Crippen LogP contribution in [0.25, 0.3) is 0 Å². The summed E-state index contributed by atoms with van der Waals surface area (Å²) in [6.45, 7) is 0.0777. The number of phenolic OH excluding ortho intramolecular Hbond substituents is 1. The first kappa shape index (κ1) is 24.1. The summed E-state index contributed by atoms with van der Waals surface area (Å²) in [5, 5.41) is 14.3. The number of rotatable bonds is 8. The van der Waals surface area contributed by atoms with Crippen molar-refractivity contribution in [1.29, 1.82) is 0 Å². The second-order valence-corrected chi connectivity index (χ2v) is 9.39. The Morgan fingerprint density at radius 3 is 2.48 bits per heavy atom. The second-order valence-electron chi connectivity index (χ2n) is 7.04. The number of nitrogens with one attached hydrogen (secondary N) is 1. The van der Waals surface area contributed by atoms with Crippen LogP contribution in [0, 0.1) is 0 Å². The van der Waals surface area contributed by atoms with Crippen molar-refractivity contribution in [3.05, 3.63) is 88.4 Å². The van der Waals surface area contributed by atoms with E-state index in [0.29, 0.717) is 33.1 Å². The smallest absolute Gasteiger partial charge is 0.271 e. The summed E-state index contributed by atoms with van der Waals surface area (Å²) in [6.07, 6.45) is 2.42. The van der Waals surface area contributed by atoms with Gasteiger partial charge in [0.1, 0.15) is 0 Å². The van der Waals surface area contributed by atoms with Gasteiger partial charge in [0.15, 0.2) is 11.5 Å². The fourth-order valence-corrected chi connectivity index (χ4v) is 4.06. The van der Waals surface area contributed by atoms with Gasteiger partial charge in [-0.25, -0.2) is 13.8 Å². The van der Waals surface area contributed by atoms with Crippen molar-refractivity contribution < 1.29 is 23.1 Å². The number of ether oxygens (including phenoxy) is 1. The molecule has 0 heterocycles. The number of halogens is 1. The lowest BCUT2D eigenvalue weighted by Gasteiger charge is -2.22. The number of hydrazone groups is 1. The zero-order valence-corrected chi connectivity index (χ0v) is 19.5. The maximum atomic E-state index is 12.4. The monoisotopic (exact) mass is 487 g/mol. The molecule has 2 N–H and O–H groups in total. The normalized spacial score (nSPS) is 11.4. The average molecular weight is 488 g/mol. The first-order chi connectivity index (χ1) is 15.7. The number of methoxy groups -OCH3 is 1. The predicted molar refractivity (Wildman–Crippen MR) is 129 cm³/mol. The molecule has 8 nitrogen and oxygen atoms in total. The van der Waals surface area contributed by atoms with Gasteiger partial charge in [0.05, 0.1) is 31.8 Å². The lowest BCUT2D eigenvalue weighted by atomic mass is 10.1. The van der Waals surface area contributed by atoms with Crippen LogP contribution in [0.2, 0.25) is 5.02 Å². The van der Waals surface area contributed by atoms with Crippen molar-refractivity contribution in [1.82, 2.24) is 5.43 Å². The molecular weight excluding hydrogens is 466 g/mol. The van der Waals surface area contributed by atoms with Crippen molar-refractivity contribution in [2.24, 2.45) is 5.10 Å². The van der Waals surface area contributed by atoms with E-state index in [1.165, 1.54) is 17.6 Å². The number of hydrogen-bond donors (Lipinski definition) is 2. The molecule has 0 atom stereocenters. The Kier molecular flexibility index (Phi) is 7.57. The SMILES string of the molecule is COc1cccc(C=NNC(=O)c2ccc(CN(c3cccc(Cl)c3)S(C)(=O)=O)cc2)c1O. The van der Waals surface area contributed by atoms with Crippen LogP contribution in [0.5, 0.6) is 11.5 Å². The van der Waals surface area contributed by atoms with Crippen molar-refractivity contribution in [2.75, 3.05) is 17.7 Å². The molecule has 0 radical (unpaired) electrons. The van der Waals surface area contributed by atoms with Gasteiger partial charge in [-0.15, -0.1) is 0 Å². The van der Waals surface area contributed by atoms with Crippen LogP contribution in [0.15, 0.2) is 71.8 Å². The van der Waals surface area contributed by atoms with Crippen molar-refractivity contribution in [3.8, 4) is 11.5 Å². The average Bonchev–Trinajstić information content (AvgIpc) is 2.78. The molecule has 0 aliphatic heterocycles. The van der Waals surface area contributed by atoms with Gasteiger partial charge in [0.2, 0.25) is 10.0 Å². The quantitative estimate of drug-likeness (QED) is 0.371. The maximum Gasteiger partial charge on any atom is 0.271 e. The minimum atomic E-state index is -3.56. The molecule has 0 spiro atoms. The molecule has 0 saturated carbocycles. The summed E-state index contributed by atoms with van der Waals surface area (Å²) < 4.78 is 30.9. The number of carbonyl (C=O) groups is 1. The third kappa shape index (κ3) is 6.24. The predicted octanol–water partition coefficient (Wildman–Crippen LogP) is 3.78. The standard InChI is InChI=1S/C23H22ClN3O5S/c1-32-21-8-3-5-18(22(21)28)14-25-26-23(29)17-11-9-16(10-12-17)15-27(33(2,30)31)20-7-4-6-19(24)13-20/h3-14,28H,15H2,1-2H3,(H,26,29). The van der Waals surface area contributed by atoms with E-state index >= 15 is 0 Å². The zero-order valence-electron chi connectivity index (χ0n) is 17.9. The molecule has 0 bridgehead atoms. The molecule has 1 amide bonds. The summed E-state index contributed by atoms with van der Waals surface area (Å²) >= 11 is 6.00. The minimum Gasteiger partial charge on any atom is -0.504 e. The fraction of sp³-hybridized carbons (Fsp3) is 0.130. The molecule has 3 rings (SSSR count). The molecule has 0 saturated heterocycles. The second kappa shape index (κ2) is 10.4. The molecule has 172 valence electrons. The highest BCUT2D eigenvalue weighted by Gasteiger charge is 2.18. The lowest BCUT2D eigenvalue weighted by Crippen LogP contribution is -2.29. The number of hydrogen-bond acceptors (Lipinski definition) is 6. The summed E-state index contributed by atoms with van der Waals surface area (Å²) in [5.74, 6) is -0.255. The number of anilines is 1. The van der Waals surface area contributed by atoms with Crippen LogP contribution in [-0.2, 0) is 16.6 Å². The van der Waals surface area contributed by atoms with Gasteiger partial charge in [-0.05, 0) is 48.0 Å².